The Kier molecular flexibility index (Phi) is 15.8. The molecule has 3 saturated carbocycles. The van der Waals surface area contributed by atoms with E-state index < -0.39 is 16.8 Å². The lowest BCUT2D eigenvalue weighted by molar-refractivity contribution is -0.0621. The van der Waals surface area contributed by atoms with Gasteiger partial charge in [-0.1, -0.05) is 74.9 Å². The molecule has 9 heteroatoms. The number of phenolic OH excluding ortho intramolecular Hbond substituents is 3. The maximum atomic E-state index is 11.0. The molecule has 3 aromatic carbocycles. The van der Waals surface area contributed by atoms with E-state index >= 15 is 0 Å². The van der Waals surface area contributed by atoms with E-state index in [1.165, 1.54) is 19.3 Å². The van der Waals surface area contributed by atoms with Crippen LogP contribution in [0.5, 0.6) is 17.2 Å². The second-order valence-electron chi connectivity index (χ2n) is 17.0. The summed E-state index contributed by atoms with van der Waals surface area (Å²) in [7, 11) is 12.2. The van der Waals surface area contributed by atoms with Crippen molar-refractivity contribution in [3.63, 3.8) is 0 Å². The molecule has 0 radical (unpaired) electrons. The highest BCUT2D eigenvalue weighted by Crippen LogP contribution is 2.45. The third-order valence-electron chi connectivity index (χ3n) is 11.9. The van der Waals surface area contributed by atoms with Gasteiger partial charge in [0, 0.05) is 37.4 Å². The van der Waals surface area contributed by atoms with Gasteiger partial charge in [-0.3, -0.25) is 0 Å². The third-order valence-corrected chi connectivity index (χ3v) is 11.9. The van der Waals surface area contributed by atoms with Crippen molar-refractivity contribution in [3.05, 3.63) is 89.5 Å². The van der Waals surface area contributed by atoms with Crippen LogP contribution in [-0.4, -0.2) is 107 Å². The van der Waals surface area contributed by atoms with E-state index in [9.17, 15) is 30.6 Å². The zero-order valence-electron chi connectivity index (χ0n) is 33.8. The molecule has 0 aromatic heterocycles. The first kappa shape index (κ1) is 43.5. The highest BCUT2D eigenvalue weighted by molar-refractivity contribution is 5.34. The maximum Gasteiger partial charge on any atom is 0.115 e. The first-order valence-corrected chi connectivity index (χ1v) is 20.1. The van der Waals surface area contributed by atoms with Gasteiger partial charge >= 0.3 is 0 Å². The summed E-state index contributed by atoms with van der Waals surface area (Å²) in [5, 5.41) is 61.9. The summed E-state index contributed by atoms with van der Waals surface area (Å²) in [4.78, 5) is 6.39. The third kappa shape index (κ3) is 11.4. The van der Waals surface area contributed by atoms with E-state index in [0.717, 1.165) is 94.1 Å². The van der Waals surface area contributed by atoms with Crippen LogP contribution in [0.4, 0.5) is 0 Å². The Labute approximate surface area is 324 Å². The first-order chi connectivity index (χ1) is 25.6. The van der Waals surface area contributed by atoms with Crippen molar-refractivity contribution >= 4 is 0 Å². The number of phenols is 3. The van der Waals surface area contributed by atoms with Gasteiger partial charge in [0.15, 0.2) is 0 Å². The molecule has 0 heterocycles. The van der Waals surface area contributed by atoms with Crippen molar-refractivity contribution in [1.29, 1.82) is 0 Å². The molecule has 0 saturated heterocycles. The van der Waals surface area contributed by atoms with Gasteiger partial charge in [0.25, 0.3) is 0 Å². The number of hydrogen-bond acceptors (Lipinski definition) is 9. The number of nitrogens with zero attached hydrogens (tertiary/aromatic N) is 3. The Morgan fingerprint density at radius 3 is 0.926 bits per heavy atom. The van der Waals surface area contributed by atoms with Crippen LogP contribution in [-0.2, 0) is 16.8 Å². The van der Waals surface area contributed by atoms with Crippen molar-refractivity contribution in [1.82, 2.24) is 14.7 Å². The van der Waals surface area contributed by atoms with Gasteiger partial charge in [0.05, 0.1) is 16.8 Å². The molecular weight excluding hydrogens is 679 g/mol. The van der Waals surface area contributed by atoms with Gasteiger partial charge in [-0.25, -0.2) is 0 Å². The highest BCUT2D eigenvalue weighted by atomic mass is 16.3. The Morgan fingerprint density at radius 1 is 0.444 bits per heavy atom. The van der Waals surface area contributed by atoms with E-state index in [2.05, 4.69) is 14.7 Å². The number of aliphatic hydroxyl groups is 3. The van der Waals surface area contributed by atoms with Gasteiger partial charge in [0.1, 0.15) is 17.2 Å². The van der Waals surface area contributed by atoms with Gasteiger partial charge in [-0.15, -0.1) is 0 Å². The van der Waals surface area contributed by atoms with Crippen molar-refractivity contribution in [3.8, 4) is 17.2 Å². The zero-order chi connectivity index (χ0) is 39.5. The van der Waals surface area contributed by atoms with E-state index in [4.69, 9.17) is 0 Å². The minimum absolute atomic E-state index is 0.232. The Hall–Kier alpha value is -3.18. The minimum atomic E-state index is -0.790. The molecule has 3 aliphatic carbocycles. The zero-order valence-corrected chi connectivity index (χ0v) is 33.8. The molecule has 0 spiro atoms. The lowest BCUT2D eigenvalue weighted by Gasteiger charge is -2.41. The van der Waals surface area contributed by atoms with Gasteiger partial charge in [-0.05, 0) is 134 Å². The first-order valence-electron chi connectivity index (χ1n) is 20.1. The fourth-order valence-electron chi connectivity index (χ4n) is 9.20. The predicted molar refractivity (Wildman–Crippen MR) is 218 cm³/mol. The summed E-state index contributed by atoms with van der Waals surface area (Å²) in [6, 6.07) is 21.3. The van der Waals surface area contributed by atoms with Crippen molar-refractivity contribution in [2.24, 2.45) is 17.8 Å². The highest BCUT2D eigenvalue weighted by Gasteiger charge is 2.42. The van der Waals surface area contributed by atoms with E-state index in [1.54, 1.807) is 36.4 Å². The van der Waals surface area contributed by atoms with Gasteiger partial charge < -0.3 is 45.3 Å². The summed E-state index contributed by atoms with van der Waals surface area (Å²) in [6.45, 7) is 2.64. The topological polar surface area (TPSA) is 131 Å². The summed E-state index contributed by atoms with van der Waals surface area (Å²) in [6.07, 6.45) is 12.2. The molecule has 3 aromatic rings. The lowest BCUT2D eigenvalue weighted by Crippen LogP contribution is -2.43. The molecule has 6 N–H and O–H groups in total. The van der Waals surface area contributed by atoms with Crippen molar-refractivity contribution < 1.29 is 30.6 Å². The van der Waals surface area contributed by atoms with Crippen LogP contribution in [0.25, 0.3) is 0 Å². The maximum absolute atomic E-state index is 11.0. The van der Waals surface area contributed by atoms with Crippen LogP contribution in [0.1, 0.15) is 93.7 Å². The molecule has 0 aliphatic heterocycles. The number of aromatic hydroxyl groups is 3. The summed E-state index contributed by atoms with van der Waals surface area (Å²) >= 11 is 0. The number of benzene rings is 3. The SMILES string of the molecule is CN(C)CC1CCCCC1(O)c1cccc(O)c1.CN(C)C[C@@H]1CCCC[C@@]1(O)c1cccc(O)c1.CN(C)C[C@H]1CCCC[C@]1(O)c1cccc(O)c1. The summed E-state index contributed by atoms with van der Waals surface area (Å²) in [5.41, 5.74) is 0.196. The van der Waals surface area contributed by atoms with Crippen LogP contribution >= 0.6 is 0 Å². The van der Waals surface area contributed by atoms with Crippen LogP contribution in [0.15, 0.2) is 72.8 Å². The predicted octanol–water partition coefficient (Wildman–Crippen LogP) is 6.99. The lowest BCUT2D eigenvalue weighted by atomic mass is 9.71. The van der Waals surface area contributed by atoms with E-state index in [-0.39, 0.29) is 35.0 Å². The van der Waals surface area contributed by atoms with Crippen LogP contribution < -0.4 is 0 Å². The molecule has 300 valence electrons. The van der Waals surface area contributed by atoms with E-state index in [1.807, 2.05) is 78.7 Å². The molecule has 3 fully saturated rings. The normalized spacial score (nSPS) is 28.6. The fraction of sp³-hybridized carbons (Fsp3) is 0.600. The molecule has 2 unspecified atom stereocenters. The van der Waals surface area contributed by atoms with Crippen LogP contribution in [0, 0.1) is 17.8 Å². The quantitative estimate of drug-likeness (QED) is 0.137. The molecule has 0 amide bonds. The van der Waals surface area contributed by atoms with Crippen molar-refractivity contribution in [2.75, 3.05) is 61.9 Å². The molecular formula is C45H69N3O6. The fourth-order valence-corrected chi connectivity index (χ4v) is 9.20. The average Bonchev–Trinajstić information content (AvgIpc) is 3.11. The largest absolute Gasteiger partial charge is 0.508 e. The second kappa shape index (κ2) is 19.6. The second-order valence-corrected chi connectivity index (χ2v) is 17.0. The molecule has 6 atom stereocenters. The molecule has 54 heavy (non-hydrogen) atoms. The van der Waals surface area contributed by atoms with Crippen molar-refractivity contribution in [2.45, 2.75) is 93.9 Å². The Bertz CT molecular complexity index is 1400. The number of hydrogen-bond donors (Lipinski definition) is 6. The molecule has 9 nitrogen and oxygen atoms in total. The summed E-state index contributed by atoms with van der Waals surface area (Å²) in [5.74, 6) is 1.41. The molecule has 6 rings (SSSR count). The van der Waals surface area contributed by atoms with Crippen LogP contribution in [0.3, 0.4) is 0 Å². The van der Waals surface area contributed by atoms with Gasteiger partial charge in [0.2, 0.25) is 0 Å². The smallest absolute Gasteiger partial charge is 0.115 e. The summed E-state index contributed by atoms with van der Waals surface area (Å²) < 4.78 is 0. The monoisotopic (exact) mass is 748 g/mol. The number of rotatable bonds is 9. The standard InChI is InChI=1S/3C15H23NO2/c3*1-16(2)11-13-6-3-4-9-15(13,18)12-7-5-8-14(17)10-12/h3*5,7-8,10,13,17-18H,3-4,6,9,11H2,1-2H3/t2*13-,15+;/m10./s1. The van der Waals surface area contributed by atoms with E-state index in [0.29, 0.717) is 0 Å². The van der Waals surface area contributed by atoms with Gasteiger partial charge in [-0.2, -0.15) is 0 Å². The molecule has 0 bridgehead atoms. The molecule has 3 aliphatic rings. The Morgan fingerprint density at radius 2 is 0.704 bits per heavy atom. The average molecular weight is 748 g/mol. The van der Waals surface area contributed by atoms with Crippen LogP contribution in [0.2, 0.25) is 0 Å². The minimum Gasteiger partial charge on any atom is -0.508 e. The Balaban J connectivity index is 0.000000180.